The number of halogens is 8. The number of benzene rings is 8. The van der Waals surface area contributed by atoms with E-state index in [4.69, 9.17) is 132 Å². The number of carbonyl (C=O) groups is 2. The molecule has 2 heterocycles. The van der Waals surface area contributed by atoms with E-state index in [1.165, 1.54) is 49.1 Å². The topological polar surface area (TPSA) is 373 Å². The maximum absolute atomic E-state index is 12.5. The summed E-state index contributed by atoms with van der Waals surface area (Å²) in [5, 5.41) is 128. The molecule has 2 aliphatic heterocycles. The molecule has 32 heteroatoms. The van der Waals surface area contributed by atoms with Crippen molar-refractivity contribution < 1.29 is 149 Å². The van der Waals surface area contributed by atoms with Crippen LogP contribution in [0.3, 0.4) is 0 Å². The normalized spacial score (nSPS) is 11.6. The molecule has 0 amide bonds. The zero-order chi connectivity index (χ0) is 84.5. The molecule has 116 heavy (non-hydrogen) atoms. The number of hydrogen-bond donors (Lipinski definition) is 2. The number of carboxylic acid groups (broad SMARTS) is 2. The van der Waals surface area contributed by atoms with E-state index in [2.05, 4.69) is 71.9 Å². The number of fused-ring (bicyclic) bond motifs is 4. The average Bonchev–Trinajstić information content (AvgIpc) is 0.735. The molecule has 0 spiro atoms. The molecular formula is C84H94Cl8Mn4N4O16. The van der Waals surface area contributed by atoms with Crippen molar-refractivity contribution in [3.8, 4) is 90.5 Å². The number of para-hydroxylation sites is 4. The van der Waals surface area contributed by atoms with Gasteiger partial charge in [0.25, 0.3) is 0 Å². The van der Waals surface area contributed by atoms with Crippen molar-refractivity contribution in [1.82, 2.24) is 0 Å². The van der Waals surface area contributed by atoms with Gasteiger partial charge in [0.1, 0.15) is 23.0 Å². The zero-order valence-electron chi connectivity index (χ0n) is 65.6. The van der Waals surface area contributed by atoms with Gasteiger partial charge in [0.05, 0.1) is 21.4 Å². The molecule has 0 unspecified atom stereocenters. The Balaban J connectivity index is -0.000000796. The molecule has 8 aromatic rings. The molecule has 0 fully saturated rings. The molecule has 8 aromatic carbocycles. The molecule has 0 aliphatic carbocycles. The molecule has 20 nitrogen and oxygen atoms in total. The second-order valence-corrected chi connectivity index (χ2v) is 28.4. The predicted molar refractivity (Wildman–Crippen MR) is 440 cm³/mol. The van der Waals surface area contributed by atoms with Crippen LogP contribution in [0.2, 0.25) is 0 Å². The van der Waals surface area contributed by atoms with Crippen LogP contribution in [0.1, 0.15) is 139 Å². The van der Waals surface area contributed by atoms with E-state index in [1.54, 1.807) is 52.0 Å². The molecule has 2 aliphatic rings. The van der Waals surface area contributed by atoms with Gasteiger partial charge in [-0.25, -0.2) is 0 Å². The van der Waals surface area contributed by atoms with Gasteiger partial charge in [0, 0.05) is 131 Å². The minimum Gasteiger partial charge on any atom is -0.872 e. The van der Waals surface area contributed by atoms with Gasteiger partial charge in [0.15, 0.2) is 0 Å². The van der Waals surface area contributed by atoms with Gasteiger partial charge in [0.2, 0.25) is 0 Å². The fraction of sp³-hybridized carbons (Fsp3) is 0.357. The van der Waals surface area contributed by atoms with Crippen molar-refractivity contribution in [3.05, 3.63) is 190 Å². The summed E-state index contributed by atoms with van der Waals surface area (Å²) in [5.74, 6) is 0.0840. The third-order valence-electron chi connectivity index (χ3n) is 15.1. The van der Waals surface area contributed by atoms with E-state index in [9.17, 15) is 40.9 Å². The second kappa shape index (κ2) is 65.2. The standard InChI is InChI=1S/2C35H34N2O5.2C3H8O.2C2H4O2.4CH2Cl2.4Mn/c2*1-35(2)29-9-3-7-27(23-11-13-31(40)25(19-23)21-36-15-5-17-38)33(29)42-34-28(8-4-10-30(34)35)24-12-14-32(41)26(20-24)22-37-16-6-18-39;2*1-3(2)4;2*1-2(3)4;4*2-1-3;;;;/h2*3-4,7-14,19-22,40-41H,5-6,15-18H2,1-2H3;2*3-4H,1-2H3;2*1H3,(H,3,4);4*1H2;;;;/q2*-2;;;;;;;;;2*+2;2*+3/p-6. The first-order valence-electron chi connectivity index (χ1n) is 34.9. The summed E-state index contributed by atoms with van der Waals surface area (Å²) in [6, 6.07) is 44.6. The summed E-state index contributed by atoms with van der Waals surface area (Å²) >= 11 is 38.1. The number of aliphatic carboxylic acids is 2. The molecule has 0 atom stereocenters. The predicted octanol–water partition coefficient (Wildman–Crippen LogP) is 11.8. The van der Waals surface area contributed by atoms with E-state index in [0.29, 0.717) is 97.1 Å². The number of aliphatic hydroxyl groups excluding tert-OH is 2. The number of carbonyl (C=O) groups excluding carboxylic acids is 2. The van der Waals surface area contributed by atoms with Crippen molar-refractivity contribution in [2.75, 3.05) is 74.0 Å². The number of aliphatic imine (C=N–C) groups is 4. The number of aliphatic hydroxyl groups is 2. The Hall–Kier alpha value is -5.66. The van der Waals surface area contributed by atoms with Crippen LogP contribution >= 0.6 is 92.8 Å². The van der Waals surface area contributed by atoms with E-state index in [0.717, 1.165) is 80.6 Å². The molecule has 630 valence electrons. The van der Waals surface area contributed by atoms with Crippen molar-refractivity contribution >= 4 is 130 Å². The van der Waals surface area contributed by atoms with Gasteiger partial charge in [-0.1, -0.05) is 149 Å². The van der Waals surface area contributed by atoms with Crippen LogP contribution in [0, 0.1) is 0 Å². The SMILES string of the molecule is CC(=O)[O-].CC(=O)[O-].CC(C)O.CC(C)O.CC1(C)c2cccc(-c3ccc([O-])c(C=NCCC[O-])c3)c2Oc2c(-c3ccc([O-])c(C=NCCC[O-])c3)cccc21.CC1(C)c2cccc(-c3ccc([O-])c(C=NCCC[O-])c3)c2Oc2c(-c3ccc([O-])c(C=NCCC[O-])c3)cccc21.ClCCl.ClCCl.ClCCl.ClCCl.[Mn+2].[Mn+2].[Mn+3].[Mn+3]. The van der Waals surface area contributed by atoms with Crippen molar-refractivity contribution in [2.45, 2.75) is 118 Å². The zero-order valence-corrected chi connectivity index (χ0v) is 76.3. The number of hydrogen-bond acceptors (Lipinski definition) is 20. The molecule has 0 aromatic heterocycles. The van der Waals surface area contributed by atoms with Crippen LogP contribution in [0.25, 0.3) is 44.5 Å². The maximum atomic E-state index is 12.5. The van der Waals surface area contributed by atoms with Crippen LogP contribution < -0.4 is 60.5 Å². The summed E-state index contributed by atoms with van der Waals surface area (Å²) < 4.78 is 13.5. The maximum Gasteiger partial charge on any atom is 3.00 e. The van der Waals surface area contributed by atoms with Gasteiger partial charge >= 0.3 is 68.3 Å². The number of rotatable bonds is 20. The van der Waals surface area contributed by atoms with Gasteiger partial charge in [-0.3, -0.25) is 20.0 Å². The second-order valence-electron chi connectivity index (χ2n) is 25.1. The quantitative estimate of drug-likeness (QED) is 0.0310. The van der Waals surface area contributed by atoms with Gasteiger partial charge < -0.3 is 80.3 Å². The van der Waals surface area contributed by atoms with Crippen molar-refractivity contribution in [2.24, 2.45) is 20.0 Å². The number of ether oxygens (including phenoxy) is 2. The average molecular weight is 1920 g/mol. The summed E-state index contributed by atoms with van der Waals surface area (Å²) in [6.07, 6.45) is 7.52. The van der Waals surface area contributed by atoms with Gasteiger partial charge in [-0.05, 0) is 136 Å². The monoisotopic (exact) mass is 1910 g/mol. The molecule has 2 radical (unpaired) electrons. The Morgan fingerprint density at radius 1 is 0.379 bits per heavy atom. The first kappa shape index (κ1) is 117. The number of nitrogens with zero attached hydrogens (tertiary/aromatic N) is 4. The van der Waals surface area contributed by atoms with Gasteiger partial charge in [-0.15, -0.1) is 142 Å². The first-order valence-corrected chi connectivity index (χ1v) is 39.2. The Labute approximate surface area is 763 Å². The van der Waals surface area contributed by atoms with Crippen molar-refractivity contribution in [1.29, 1.82) is 0 Å². The van der Waals surface area contributed by atoms with Crippen LogP contribution in [-0.4, -0.2) is 133 Å². The molecule has 0 saturated heterocycles. The molecule has 2 N–H and O–H groups in total. The third-order valence-corrected chi connectivity index (χ3v) is 15.1. The van der Waals surface area contributed by atoms with Gasteiger partial charge in [-0.2, -0.15) is 0 Å². The fourth-order valence-electron chi connectivity index (χ4n) is 10.5. The number of alkyl halides is 8. The van der Waals surface area contributed by atoms with E-state index in [1.807, 2.05) is 72.8 Å². The van der Waals surface area contributed by atoms with Crippen LogP contribution in [-0.2, 0) is 88.7 Å². The Morgan fingerprint density at radius 2 is 0.543 bits per heavy atom. The molecule has 0 saturated carbocycles. The smallest absolute Gasteiger partial charge is 0.872 e. The molecule has 10 rings (SSSR count). The Kier molecular flexibility index (Phi) is 65.5. The summed E-state index contributed by atoms with van der Waals surface area (Å²) in [6.45, 7) is 18.2. The van der Waals surface area contributed by atoms with Crippen LogP contribution in [0.15, 0.2) is 166 Å². The molecule has 0 bridgehead atoms. The Bertz CT molecular complexity index is 3740. The first-order chi connectivity index (χ1) is 53.3. The minimum atomic E-state index is -1.08. The van der Waals surface area contributed by atoms with E-state index < -0.39 is 22.8 Å². The van der Waals surface area contributed by atoms with Crippen LogP contribution in [0.4, 0.5) is 0 Å². The number of carboxylic acids is 2. The minimum absolute atomic E-state index is 0. The summed E-state index contributed by atoms with van der Waals surface area (Å²) in [4.78, 5) is 34.8. The summed E-state index contributed by atoms with van der Waals surface area (Å²) in [5.41, 5.74) is 11.7. The van der Waals surface area contributed by atoms with Crippen molar-refractivity contribution in [3.63, 3.8) is 0 Å². The van der Waals surface area contributed by atoms with Crippen LogP contribution in [0.5, 0.6) is 46.0 Å². The summed E-state index contributed by atoms with van der Waals surface area (Å²) in [7, 11) is 0. The Morgan fingerprint density at radius 3 is 0.698 bits per heavy atom. The fourth-order valence-corrected chi connectivity index (χ4v) is 10.5. The molecular weight excluding hydrogens is 1820 g/mol. The van der Waals surface area contributed by atoms with E-state index in [-0.39, 0.29) is 151 Å². The third kappa shape index (κ3) is 41.1. The largest absolute Gasteiger partial charge is 3.00 e. The van der Waals surface area contributed by atoms with E-state index >= 15 is 0 Å².